The molecule has 1 aromatic rings. The van der Waals surface area contributed by atoms with Crippen LogP contribution in [0.1, 0.15) is 25.3 Å². The van der Waals surface area contributed by atoms with Crippen molar-refractivity contribution in [2.75, 3.05) is 26.2 Å². The van der Waals surface area contributed by atoms with Gasteiger partial charge < -0.3 is 9.80 Å². The van der Waals surface area contributed by atoms with E-state index in [2.05, 4.69) is 0 Å². The quantitative estimate of drug-likeness (QED) is 0.825. The predicted octanol–water partition coefficient (Wildman–Crippen LogP) is 3.01. The molecule has 1 fully saturated rings. The van der Waals surface area contributed by atoms with E-state index in [1.54, 1.807) is 17.0 Å². The number of nitrogens with zero attached hydrogens (tertiary/aromatic N) is 2. The van der Waals surface area contributed by atoms with Crippen molar-refractivity contribution < 1.29 is 9.59 Å². The molecule has 0 unspecified atom stereocenters. The van der Waals surface area contributed by atoms with Crippen LogP contribution in [-0.4, -0.2) is 47.8 Å². The van der Waals surface area contributed by atoms with Gasteiger partial charge in [-0.25, -0.2) is 0 Å². The second kappa shape index (κ2) is 7.84. The van der Waals surface area contributed by atoms with E-state index in [1.165, 1.54) is 6.92 Å². The van der Waals surface area contributed by atoms with Gasteiger partial charge in [-0.2, -0.15) is 0 Å². The van der Waals surface area contributed by atoms with Crippen molar-refractivity contribution in [3.8, 4) is 0 Å². The zero-order chi connectivity index (χ0) is 16.1. The number of likely N-dealkylation sites (tertiary alicyclic amines) is 1. The zero-order valence-corrected chi connectivity index (χ0v) is 14.2. The molecule has 2 amide bonds. The average molecular weight is 343 g/mol. The molecule has 1 aliphatic rings. The Labute approximate surface area is 141 Å². The maximum Gasteiger partial charge on any atom is 0.242 e. The highest BCUT2D eigenvalue weighted by atomic mass is 35.5. The first-order valence-corrected chi connectivity index (χ1v) is 8.20. The Balaban J connectivity index is 1.93. The van der Waals surface area contributed by atoms with Crippen molar-refractivity contribution in [2.24, 2.45) is 0 Å². The number of hydrogen-bond acceptors (Lipinski definition) is 2. The van der Waals surface area contributed by atoms with Crippen molar-refractivity contribution >= 4 is 35.0 Å². The van der Waals surface area contributed by atoms with Crippen LogP contribution in [0.25, 0.3) is 0 Å². The van der Waals surface area contributed by atoms with E-state index in [4.69, 9.17) is 23.2 Å². The summed E-state index contributed by atoms with van der Waals surface area (Å²) in [6, 6.07) is 5.31. The van der Waals surface area contributed by atoms with Crippen LogP contribution in [0.2, 0.25) is 10.0 Å². The summed E-state index contributed by atoms with van der Waals surface area (Å²) in [6.07, 6.45) is 2.70. The van der Waals surface area contributed by atoms with E-state index in [0.717, 1.165) is 31.5 Å². The largest absolute Gasteiger partial charge is 0.341 e. The molecular weight excluding hydrogens is 323 g/mol. The number of carbonyl (C=O) groups excluding carboxylic acids is 2. The standard InChI is InChI=1S/C16H20Cl2N2O2/c1-12(21)20(11-16(22)19-7-2-3-8-19)9-6-13-4-5-14(17)10-15(13)18/h4-5,10H,2-3,6-9,11H2,1H3. The third-order valence-electron chi connectivity index (χ3n) is 3.90. The lowest BCUT2D eigenvalue weighted by Gasteiger charge is -2.24. The minimum atomic E-state index is -0.0994. The van der Waals surface area contributed by atoms with E-state index in [-0.39, 0.29) is 18.4 Å². The number of benzene rings is 1. The van der Waals surface area contributed by atoms with Crippen LogP contribution in [0.15, 0.2) is 18.2 Å². The van der Waals surface area contributed by atoms with Crippen LogP contribution in [0.5, 0.6) is 0 Å². The summed E-state index contributed by atoms with van der Waals surface area (Å²) in [5, 5.41) is 1.17. The van der Waals surface area contributed by atoms with Crippen LogP contribution in [0.3, 0.4) is 0 Å². The molecule has 0 spiro atoms. The summed E-state index contributed by atoms with van der Waals surface area (Å²) in [5.74, 6) is -0.0764. The zero-order valence-electron chi connectivity index (χ0n) is 12.6. The fourth-order valence-corrected chi connectivity index (χ4v) is 3.06. The van der Waals surface area contributed by atoms with Gasteiger partial charge in [-0.1, -0.05) is 29.3 Å². The lowest BCUT2D eigenvalue weighted by Crippen LogP contribution is -2.41. The van der Waals surface area contributed by atoms with E-state index in [1.807, 2.05) is 11.0 Å². The van der Waals surface area contributed by atoms with Gasteiger partial charge in [-0.3, -0.25) is 9.59 Å². The van der Waals surface area contributed by atoms with Gasteiger partial charge in [-0.15, -0.1) is 0 Å². The van der Waals surface area contributed by atoms with E-state index < -0.39 is 0 Å². The van der Waals surface area contributed by atoms with E-state index >= 15 is 0 Å². The Morgan fingerprint density at radius 3 is 2.50 bits per heavy atom. The molecule has 0 saturated carbocycles. The van der Waals surface area contributed by atoms with Crippen molar-refractivity contribution in [1.29, 1.82) is 0 Å². The number of rotatable bonds is 5. The molecule has 120 valence electrons. The second-order valence-corrected chi connectivity index (χ2v) is 6.36. The molecule has 0 atom stereocenters. The molecule has 0 N–H and O–H groups in total. The lowest BCUT2D eigenvalue weighted by atomic mass is 10.1. The molecule has 0 radical (unpaired) electrons. The maximum atomic E-state index is 12.2. The summed E-state index contributed by atoms with van der Waals surface area (Å²) in [6.45, 7) is 3.69. The van der Waals surface area contributed by atoms with Gasteiger partial charge in [0.25, 0.3) is 0 Å². The first-order valence-electron chi connectivity index (χ1n) is 7.44. The SMILES string of the molecule is CC(=O)N(CCc1ccc(Cl)cc1Cl)CC(=O)N1CCCC1. The average Bonchev–Trinajstić information content (AvgIpc) is 2.98. The molecule has 0 aliphatic carbocycles. The molecule has 0 bridgehead atoms. The predicted molar refractivity (Wildman–Crippen MR) is 88.2 cm³/mol. The monoisotopic (exact) mass is 342 g/mol. The summed E-state index contributed by atoms with van der Waals surface area (Å²) in [5.41, 5.74) is 0.922. The number of amides is 2. The van der Waals surface area contributed by atoms with Gasteiger partial charge in [0.05, 0.1) is 6.54 Å². The van der Waals surface area contributed by atoms with Crippen LogP contribution in [0.4, 0.5) is 0 Å². The van der Waals surface area contributed by atoms with Gasteiger partial charge in [0, 0.05) is 36.6 Å². The van der Waals surface area contributed by atoms with Crippen LogP contribution in [0, 0.1) is 0 Å². The fourth-order valence-electron chi connectivity index (χ4n) is 2.56. The highest BCUT2D eigenvalue weighted by Gasteiger charge is 2.21. The van der Waals surface area contributed by atoms with Crippen molar-refractivity contribution in [1.82, 2.24) is 9.80 Å². The van der Waals surface area contributed by atoms with Crippen LogP contribution in [-0.2, 0) is 16.0 Å². The molecule has 0 aromatic heterocycles. The van der Waals surface area contributed by atoms with Crippen LogP contribution < -0.4 is 0 Å². The normalized spacial score (nSPS) is 14.2. The summed E-state index contributed by atoms with van der Waals surface area (Å²) in [4.78, 5) is 27.3. The molecule has 4 nitrogen and oxygen atoms in total. The van der Waals surface area contributed by atoms with Gasteiger partial charge in [0.15, 0.2) is 0 Å². The minimum Gasteiger partial charge on any atom is -0.341 e. The highest BCUT2D eigenvalue weighted by molar-refractivity contribution is 6.35. The molecule has 6 heteroatoms. The maximum absolute atomic E-state index is 12.2. The smallest absolute Gasteiger partial charge is 0.242 e. The molecule has 2 rings (SSSR count). The molecular formula is C16H20Cl2N2O2. The number of halogens is 2. The molecule has 1 saturated heterocycles. The Morgan fingerprint density at radius 1 is 1.23 bits per heavy atom. The summed E-state index contributed by atoms with van der Waals surface area (Å²) in [7, 11) is 0. The summed E-state index contributed by atoms with van der Waals surface area (Å²) >= 11 is 12.0. The third-order valence-corrected chi connectivity index (χ3v) is 4.48. The van der Waals surface area contributed by atoms with E-state index in [9.17, 15) is 9.59 Å². The van der Waals surface area contributed by atoms with Gasteiger partial charge in [0.1, 0.15) is 0 Å². The van der Waals surface area contributed by atoms with E-state index in [0.29, 0.717) is 23.0 Å². The summed E-state index contributed by atoms with van der Waals surface area (Å²) < 4.78 is 0. The van der Waals surface area contributed by atoms with Gasteiger partial charge in [-0.05, 0) is 37.0 Å². The Kier molecular flexibility index (Phi) is 6.09. The molecule has 22 heavy (non-hydrogen) atoms. The first-order chi connectivity index (χ1) is 10.5. The fraction of sp³-hybridized carbons (Fsp3) is 0.500. The van der Waals surface area contributed by atoms with Crippen molar-refractivity contribution in [3.63, 3.8) is 0 Å². The third kappa shape index (κ3) is 4.62. The minimum absolute atomic E-state index is 0.0231. The van der Waals surface area contributed by atoms with Gasteiger partial charge in [0.2, 0.25) is 11.8 Å². The van der Waals surface area contributed by atoms with Crippen LogP contribution >= 0.6 is 23.2 Å². The Bertz CT molecular complexity index is 557. The van der Waals surface area contributed by atoms with Gasteiger partial charge >= 0.3 is 0 Å². The Hall–Kier alpha value is -1.26. The van der Waals surface area contributed by atoms with Crippen molar-refractivity contribution in [2.45, 2.75) is 26.2 Å². The molecule has 1 aromatic carbocycles. The lowest BCUT2D eigenvalue weighted by molar-refractivity contribution is -0.138. The topological polar surface area (TPSA) is 40.6 Å². The highest BCUT2D eigenvalue weighted by Crippen LogP contribution is 2.21. The molecule has 1 aliphatic heterocycles. The number of hydrogen-bond donors (Lipinski definition) is 0. The first kappa shape index (κ1) is 17.1. The van der Waals surface area contributed by atoms with Crippen molar-refractivity contribution in [3.05, 3.63) is 33.8 Å². The molecule has 1 heterocycles. The second-order valence-electron chi connectivity index (χ2n) is 5.51. The Morgan fingerprint density at radius 2 is 1.91 bits per heavy atom. The number of carbonyl (C=O) groups is 2.